The fourth-order valence-electron chi connectivity index (χ4n) is 0.489. The van der Waals surface area contributed by atoms with Crippen LogP contribution in [0.1, 0.15) is 0 Å². The summed E-state index contributed by atoms with van der Waals surface area (Å²) < 4.78 is 24.2. The van der Waals surface area contributed by atoms with E-state index >= 15 is 0 Å². The minimum Gasteiger partial charge on any atom is -0.503 e. The van der Waals surface area contributed by atoms with Crippen LogP contribution in [0.5, 0.6) is 5.75 Å². The van der Waals surface area contributed by atoms with Crippen molar-refractivity contribution in [1.29, 1.82) is 0 Å². The van der Waals surface area contributed by atoms with Gasteiger partial charge < -0.3 is 10.2 Å². The Kier molecular flexibility index (Phi) is 4.91. The SMILES string of the molecule is C=CC(=O)O.Oc1c(F)cccc1F. The standard InChI is InChI=1S/C6H4F2O.C3H4O2/c7-4-2-1-3-5(8)6(4)9;1-2-3(4)5/h1-3,9H;2H,1H2,(H,4,5). The number of carbonyl (C=O) groups is 1. The van der Waals surface area contributed by atoms with Gasteiger partial charge in [0.05, 0.1) is 0 Å². The molecule has 14 heavy (non-hydrogen) atoms. The Bertz CT molecular complexity index is 317. The number of phenols is 1. The van der Waals surface area contributed by atoms with Gasteiger partial charge in [0.25, 0.3) is 0 Å². The number of para-hydroxylation sites is 1. The second-order valence-electron chi connectivity index (χ2n) is 2.11. The lowest BCUT2D eigenvalue weighted by molar-refractivity contribution is -0.131. The van der Waals surface area contributed by atoms with E-state index in [-0.39, 0.29) is 0 Å². The normalized spacial score (nSPS) is 8.43. The Labute approximate surface area is 78.9 Å². The Morgan fingerprint density at radius 1 is 1.36 bits per heavy atom. The molecule has 0 unspecified atom stereocenters. The first-order valence-corrected chi connectivity index (χ1v) is 3.47. The van der Waals surface area contributed by atoms with Crippen LogP contribution in [0.15, 0.2) is 30.9 Å². The van der Waals surface area contributed by atoms with Gasteiger partial charge in [0, 0.05) is 6.08 Å². The predicted octanol–water partition coefficient (Wildman–Crippen LogP) is 1.93. The highest BCUT2D eigenvalue weighted by molar-refractivity contribution is 5.78. The van der Waals surface area contributed by atoms with Crippen LogP contribution in [0.2, 0.25) is 0 Å². The van der Waals surface area contributed by atoms with E-state index in [1.165, 1.54) is 6.07 Å². The highest BCUT2D eigenvalue weighted by atomic mass is 19.1. The van der Waals surface area contributed by atoms with Gasteiger partial charge in [0.2, 0.25) is 0 Å². The van der Waals surface area contributed by atoms with E-state index in [1.807, 2.05) is 0 Å². The topological polar surface area (TPSA) is 57.5 Å². The Morgan fingerprint density at radius 3 is 1.93 bits per heavy atom. The molecular formula is C9H8F2O3. The fourth-order valence-corrected chi connectivity index (χ4v) is 0.489. The van der Waals surface area contributed by atoms with Crippen LogP contribution in [0.4, 0.5) is 8.78 Å². The summed E-state index contributed by atoms with van der Waals surface area (Å²) in [6.07, 6.45) is 0.833. The molecule has 2 N–H and O–H groups in total. The molecule has 5 heteroatoms. The minimum atomic E-state index is -0.981. The van der Waals surface area contributed by atoms with Gasteiger partial charge in [-0.2, -0.15) is 0 Å². The van der Waals surface area contributed by atoms with Crippen molar-refractivity contribution in [3.8, 4) is 5.75 Å². The molecule has 0 amide bonds. The molecule has 0 radical (unpaired) electrons. The minimum absolute atomic E-state index is 0.833. The summed E-state index contributed by atoms with van der Waals surface area (Å²) in [5, 5.41) is 16.1. The number of hydrogen-bond donors (Lipinski definition) is 2. The predicted molar refractivity (Wildman–Crippen MR) is 45.9 cm³/mol. The zero-order valence-corrected chi connectivity index (χ0v) is 7.08. The summed E-state index contributed by atoms with van der Waals surface area (Å²) >= 11 is 0. The third-order valence-electron chi connectivity index (χ3n) is 1.11. The molecule has 3 nitrogen and oxygen atoms in total. The van der Waals surface area contributed by atoms with Gasteiger partial charge in [-0.25, -0.2) is 13.6 Å². The van der Waals surface area contributed by atoms with Crippen molar-refractivity contribution >= 4 is 5.97 Å². The molecule has 1 aromatic rings. The Balaban J connectivity index is 0.000000292. The molecule has 0 saturated heterocycles. The summed E-state index contributed by atoms with van der Waals surface area (Å²) in [5.74, 6) is -3.77. The van der Waals surface area contributed by atoms with E-state index in [0.717, 1.165) is 18.2 Å². The molecule has 0 aromatic heterocycles. The van der Waals surface area contributed by atoms with E-state index in [9.17, 15) is 13.6 Å². The van der Waals surface area contributed by atoms with Crippen molar-refractivity contribution in [2.45, 2.75) is 0 Å². The maximum Gasteiger partial charge on any atom is 0.327 e. The number of hydrogen-bond acceptors (Lipinski definition) is 2. The van der Waals surface area contributed by atoms with E-state index in [1.54, 1.807) is 0 Å². The van der Waals surface area contributed by atoms with E-state index in [0.29, 0.717) is 0 Å². The molecule has 0 fully saturated rings. The molecule has 1 rings (SSSR count). The van der Waals surface area contributed by atoms with Gasteiger partial charge in [0.1, 0.15) is 0 Å². The van der Waals surface area contributed by atoms with Crippen molar-refractivity contribution < 1.29 is 23.8 Å². The van der Waals surface area contributed by atoms with Gasteiger partial charge >= 0.3 is 5.97 Å². The molecule has 0 aliphatic carbocycles. The maximum atomic E-state index is 12.1. The lowest BCUT2D eigenvalue weighted by Crippen LogP contribution is -1.82. The van der Waals surface area contributed by atoms with Crippen molar-refractivity contribution in [2.24, 2.45) is 0 Å². The van der Waals surface area contributed by atoms with Gasteiger partial charge in [-0.3, -0.25) is 0 Å². The molecule has 0 heterocycles. The van der Waals surface area contributed by atoms with Gasteiger partial charge in [-0.15, -0.1) is 0 Å². The second kappa shape index (κ2) is 5.69. The highest BCUT2D eigenvalue weighted by Crippen LogP contribution is 2.17. The summed E-state index contributed by atoms with van der Waals surface area (Å²) in [6.45, 7) is 2.96. The first kappa shape index (κ1) is 12.1. The van der Waals surface area contributed by atoms with Crippen LogP contribution >= 0.6 is 0 Å². The molecule has 0 atom stereocenters. The Hall–Kier alpha value is -1.91. The third kappa shape index (κ3) is 4.20. The summed E-state index contributed by atoms with van der Waals surface area (Å²) in [5.41, 5.74) is 0. The van der Waals surface area contributed by atoms with E-state index < -0.39 is 23.4 Å². The van der Waals surface area contributed by atoms with E-state index in [2.05, 4.69) is 6.58 Å². The first-order chi connectivity index (χ1) is 6.49. The average molecular weight is 202 g/mol. The van der Waals surface area contributed by atoms with Gasteiger partial charge in [-0.05, 0) is 12.1 Å². The molecule has 0 bridgehead atoms. The zero-order chi connectivity index (χ0) is 11.1. The lowest BCUT2D eigenvalue weighted by Gasteiger charge is -1.92. The lowest BCUT2D eigenvalue weighted by atomic mass is 10.3. The largest absolute Gasteiger partial charge is 0.503 e. The molecular weight excluding hydrogens is 194 g/mol. The first-order valence-electron chi connectivity index (χ1n) is 3.47. The van der Waals surface area contributed by atoms with Crippen LogP contribution in [0.3, 0.4) is 0 Å². The van der Waals surface area contributed by atoms with Crippen LogP contribution < -0.4 is 0 Å². The molecule has 1 aromatic carbocycles. The second-order valence-corrected chi connectivity index (χ2v) is 2.11. The van der Waals surface area contributed by atoms with Crippen LogP contribution in [0.25, 0.3) is 0 Å². The number of carboxylic acids is 1. The van der Waals surface area contributed by atoms with Crippen LogP contribution in [0, 0.1) is 11.6 Å². The van der Waals surface area contributed by atoms with Crippen molar-refractivity contribution in [2.75, 3.05) is 0 Å². The van der Waals surface area contributed by atoms with Crippen molar-refractivity contribution in [3.05, 3.63) is 42.5 Å². The molecule has 0 saturated carbocycles. The monoisotopic (exact) mass is 202 g/mol. The molecule has 0 spiro atoms. The van der Waals surface area contributed by atoms with Crippen molar-refractivity contribution in [3.63, 3.8) is 0 Å². The van der Waals surface area contributed by atoms with E-state index in [4.69, 9.17) is 10.2 Å². The van der Waals surface area contributed by atoms with Crippen LogP contribution in [-0.2, 0) is 4.79 Å². The molecule has 0 aliphatic rings. The fraction of sp³-hybridized carbons (Fsp3) is 0. The molecule has 76 valence electrons. The van der Waals surface area contributed by atoms with Gasteiger partial charge in [-0.1, -0.05) is 12.6 Å². The number of phenolic OH excluding ortho intramolecular Hbond substituents is 1. The van der Waals surface area contributed by atoms with Crippen molar-refractivity contribution in [1.82, 2.24) is 0 Å². The molecule has 0 aliphatic heterocycles. The maximum absolute atomic E-state index is 12.1. The third-order valence-corrected chi connectivity index (χ3v) is 1.11. The van der Waals surface area contributed by atoms with Crippen LogP contribution in [-0.4, -0.2) is 16.2 Å². The zero-order valence-electron chi connectivity index (χ0n) is 7.08. The number of halogens is 2. The highest BCUT2D eigenvalue weighted by Gasteiger charge is 2.03. The Morgan fingerprint density at radius 2 is 1.71 bits per heavy atom. The number of aliphatic carboxylic acids is 1. The smallest absolute Gasteiger partial charge is 0.327 e. The number of aromatic hydroxyl groups is 1. The number of benzene rings is 1. The summed E-state index contributed by atoms with van der Waals surface area (Å²) in [4.78, 5) is 9.25. The quantitative estimate of drug-likeness (QED) is 0.684. The summed E-state index contributed by atoms with van der Waals surface area (Å²) in [7, 11) is 0. The van der Waals surface area contributed by atoms with Gasteiger partial charge in [0.15, 0.2) is 17.4 Å². The number of carboxylic acid groups (broad SMARTS) is 1. The summed E-state index contributed by atoms with van der Waals surface area (Å²) in [6, 6.07) is 3.15. The average Bonchev–Trinajstić information content (AvgIpc) is 2.15. The number of rotatable bonds is 1.